The van der Waals surface area contributed by atoms with E-state index in [0.29, 0.717) is 30.1 Å². The Morgan fingerprint density at radius 3 is 2.78 bits per heavy atom. The number of ether oxygens (including phenoxy) is 2. The van der Waals surface area contributed by atoms with Gasteiger partial charge in [0.2, 0.25) is 0 Å². The summed E-state index contributed by atoms with van der Waals surface area (Å²) in [6, 6.07) is 4.99. The van der Waals surface area contributed by atoms with E-state index in [2.05, 4.69) is 0 Å². The molecule has 0 unspecified atom stereocenters. The van der Waals surface area contributed by atoms with Crippen LogP contribution in [0.2, 0.25) is 0 Å². The molecule has 1 aromatic heterocycles. The molecule has 0 saturated carbocycles. The average molecular weight is 319 g/mol. The highest BCUT2D eigenvalue weighted by Gasteiger charge is 2.26. The summed E-state index contributed by atoms with van der Waals surface area (Å²) in [7, 11) is 1.26. The fourth-order valence-electron chi connectivity index (χ4n) is 2.75. The van der Waals surface area contributed by atoms with Crippen LogP contribution in [0.25, 0.3) is 11.3 Å². The molecule has 120 valence electrons. The molecule has 0 amide bonds. The van der Waals surface area contributed by atoms with E-state index in [1.165, 1.54) is 19.2 Å². The van der Waals surface area contributed by atoms with Gasteiger partial charge in [0.05, 0.1) is 42.8 Å². The summed E-state index contributed by atoms with van der Waals surface area (Å²) in [5, 5.41) is 9.34. The predicted octanol–water partition coefficient (Wildman–Crippen LogP) is 2.31. The van der Waals surface area contributed by atoms with Crippen molar-refractivity contribution in [3.8, 4) is 11.3 Å². The van der Waals surface area contributed by atoms with Gasteiger partial charge in [0, 0.05) is 12.1 Å². The van der Waals surface area contributed by atoms with Gasteiger partial charge in [-0.3, -0.25) is 0 Å². The van der Waals surface area contributed by atoms with Crippen LogP contribution in [0.3, 0.4) is 0 Å². The van der Waals surface area contributed by atoms with Gasteiger partial charge in [-0.1, -0.05) is 0 Å². The number of carbonyl (C=O) groups is 2. The number of rotatable bonds is 3. The monoisotopic (exact) mass is 319 g/mol. The van der Waals surface area contributed by atoms with E-state index in [1.807, 2.05) is 0 Å². The summed E-state index contributed by atoms with van der Waals surface area (Å²) in [6.07, 6.45) is 0. The van der Waals surface area contributed by atoms with Crippen LogP contribution >= 0.6 is 0 Å². The Morgan fingerprint density at radius 1 is 1.30 bits per heavy atom. The number of carbonyl (C=O) groups excluding carboxylic acids is 1. The van der Waals surface area contributed by atoms with Gasteiger partial charge in [0.15, 0.2) is 0 Å². The molecule has 0 aliphatic carbocycles. The lowest BCUT2D eigenvalue weighted by Crippen LogP contribution is -2.19. The van der Waals surface area contributed by atoms with E-state index < -0.39 is 17.8 Å². The number of nitrogens with zero attached hydrogens (tertiary/aromatic N) is 1. The highest BCUT2D eigenvalue weighted by molar-refractivity contribution is 5.98. The molecule has 0 saturated heterocycles. The first-order valence-electron chi connectivity index (χ1n) is 6.94. The first kappa shape index (κ1) is 15.2. The SMILES string of the molecule is COC(=O)c1cc(-c2cc(F)ccc2C(=O)O)n2c1COCC2. The minimum Gasteiger partial charge on any atom is -0.478 e. The Labute approximate surface area is 131 Å². The number of benzene rings is 1. The number of hydrogen-bond acceptors (Lipinski definition) is 4. The lowest BCUT2D eigenvalue weighted by molar-refractivity contribution is 0.0574. The Bertz CT molecular complexity index is 796. The molecule has 1 N–H and O–H groups in total. The van der Waals surface area contributed by atoms with E-state index in [1.54, 1.807) is 4.57 Å². The van der Waals surface area contributed by atoms with Gasteiger partial charge in [0.1, 0.15) is 5.82 Å². The average Bonchev–Trinajstić information content (AvgIpc) is 2.93. The standard InChI is InChI=1S/C16H14FNO5/c1-22-16(21)12-7-13(18-4-5-23-8-14(12)18)11-6-9(17)2-3-10(11)15(19)20/h2-3,6-7H,4-5,8H2,1H3,(H,19,20). The maximum absolute atomic E-state index is 13.6. The second kappa shape index (κ2) is 5.85. The third kappa shape index (κ3) is 2.59. The van der Waals surface area contributed by atoms with E-state index in [-0.39, 0.29) is 17.7 Å². The van der Waals surface area contributed by atoms with Crippen LogP contribution < -0.4 is 0 Å². The molecule has 2 aromatic rings. The van der Waals surface area contributed by atoms with Crippen molar-refractivity contribution < 1.29 is 28.6 Å². The van der Waals surface area contributed by atoms with Gasteiger partial charge < -0.3 is 19.1 Å². The number of fused-ring (bicyclic) bond motifs is 1. The Morgan fingerprint density at radius 2 is 2.09 bits per heavy atom. The van der Waals surface area contributed by atoms with Crippen LogP contribution in [0.4, 0.5) is 4.39 Å². The smallest absolute Gasteiger partial charge is 0.339 e. The normalized spacial score (nSPS) is 13.5. The molecule has 0 radical (unpaired) electrons. The molecule has 1 aromatic carbocycles. The lowest BCUT2D eigenvalue weighted by atomic mass is 10.0. The van der Waals surface area contributed by atoms with Crippen molar-refractivity contribution >= 4 is 11.9 Å². The lowest BCUT2D eigenvalue weighted by Gasteiger charge is -2.20. The maximum atomic E-state index is 13.6. The number of carboxylic acids is 1. The van der Waals surface area contributed by atoms with Crippen molar-refractivity contribution in [2.75, 3.05) is 13.7 Å². The molecule has 6 nitrogen and oxygen atoms in total. The van der Waals surface area contributed by atoms with Crippen LogP contribution in [0.5, 0.6) is 0 Å². The number of esters is 1. The molecule has 1 aliphatic rings. The number of aromatic carboxylic acids is 1. The minimum absolute atomic E-state index is 0.0328. The molecule has 0 fully saturated rings. The van der Waals surface area contributed by atoms with Gasteiger partial charge in [-0.2, -0.15) is 0 Å². The molecule has 0 atom stereocenters. The molecule has 3 rings (SSSR count). The summed E-state index contributed by atoms with van der Waals surface area (Å²) in [5.41, 5.74) is 1.53. The molecule has 1 aliphatic heterocycles. The summed E-state index contributed by atoms with van der Waals surface area (Å²) in [4.78, 5) is 23.4. The summed E-state index contributed by atoms with van der Waals surface area (Å²) in [6.45, 7) is 1.08. The highest BCUT2D eigenvalue weighted by Crippen LogP contribution is 2.32. The molecule has 7 heteroatoms. The van der Waals surface area contributed by atoms with E-state index in [4.69, 9.17) is 9.47 Å². The highest BCUT2D eigenvalue weighted by atomic mass is 19.1. The van der Waals surface area contributed by atoms with Gasteiger partial charge in [-0.05, 0) is 24.3 Å². The molecular formula is C16H14FNO5. The van der Waals surface area contributed by atoms with Crippen molar-refractivity contribution in [1.82, 2.24) is 4.57 Å². The molecule has 0 spiro atoms. The maximum Gasteiger partial charge on any atom is 0.339 e. The number of aromatic nitrogens is 1. The van der Waals surface area contributed by atoms with Gasteiger partial charge in [-0.25, -0.2) is 14.0 Å². The number of halogens is 1. The molecule has 0 bridgehead atoms. The molecular weight excluding hydrogens is 305 g/mol. The van der Waals surface area contributed by atoms with Crippen LogP contribution in [0, 0.1) is 5.82 Å². The van der Waals surface area contributed by atoms with Crippen LogP contribution in [0.15, 0.2) is 24.3 Å². The third-order valence-electron chi connectivity index (χ3n) is 3.80. The number of carboxylic acid groups (broad SMARTS) is 1. The summed E-state index contributed by atoms with van der Waals surface area (Å²) >= 11 is 0. The van der Waals surface area contributed by atoms with E-state index >= 15 is 0 Å². The molecule has 23 heavy (non-hydrogen) atoms. The fraction of sp³-hybridized carbons (Fsp3) is 0.250. The zero-order valence-corrected chi connectivity index (χ0v) is 12.3. The zero-order chi connectivity index (χ0) is 16.6. The van der Waals surface area contributed by atoms with Gasteiger partial charge in [0.25, 0.3) is 0 Å². The van der Waals surface area contributed by atoms with Crippen molar-refractivity contribution in [1.29, 1.82) is 0 Å². The van der Waals surface area contributed by atoms with Crippen molar-refractivity contribution in [3.05, 3.63) is 46.9 Å². The van der Waals surface area contributed by atoms with Crippen LogP contribution in [-0.4, -0.2) is 35.3 Å². The number of methoxy groups -OCH3 is 1. The van der Waals surface area contributed by atoms with Gasteiger partial charge in [-0.15, -0.1) is 0 Å². The van der Waals surface area contributed by atoms with Gasteiger partial charge >= 0.3 is 11.9 Å². The van der Waals surface area contributed by atoms with E-state index in [0.717, 1.165) is 12.1 Å². The molecule has 2 heterocycles. The Kier molecular flexibility index (Phi) is 3.87. The van der Waals surface area contributed by atoms with E-state index in [9.17, 15) is 19.1 Å². The zero-order valence-electron chi connectivity index (χ0n) is 12.3. The summed E-state index contributed by atoms with van der Waals surface area (Å²) in [5.74, 6) is -2.26. The topological polar surface area (TPSA) is 77.8 Å². The summed E-state index contributed by atoms with van der Waals surface area (Å²) < 4.78 is 25.5. The Balaban J connectivity index is 2.25. The number of hydrogen-bond donors (Lipinski definition) is 1. The van der Waals surface area contributed by atoms with Crippen molar-refractivity contribution in [3.63, 3.8) is 0 Å². The fourth-order valence-corrected chi connectivity index (χ4v) is 2.75. The Hall–Kier alpha value is -2.67. The first-order chi connectivity index (χ1) is 11.0. The van der Waals surface area contributed by atoms with Crippen molar-refractivity contribution in [2.45, 2.75) is 13.2 Å². The first-order valence-corrected chi connectivity index (χ1v) is 6.94. The second-order valence-corrected chi connectivity index (χ2v) is 5.08. The van der Waals surface area contributed by atoms with Crippen LogP contribution in [-0.2, 0) is 22.6 Å². The predicted molar refractivity (Wildman–Crippen MR) is 77.8 cm³/mol. The van der Waals surface area contributed by atoms with Crippen LogP contribution in [0.1, 0.15) is 26.4 Å². The third-order valence-corrected chi connectivity index (χ3v) is 3.80. The van der Waals surface area contributed by atoms with Crippen molar-refractivity contribution in [2.24, 2.45) is 0 Å². The largest absolute Gasteiger partial charge is 0.478 e. The minimum atomic E-state index is -1.16. The quantitative estimate of drug-likeness (QED) is 0.878. The second-order valence-electron chi connectivity index (χ2n) is 5.08.